The zero-order valence-electron chi connectivity index (χ0n) is 27.4. The number of carbonyl (C=O) groups excluding carboxylic acids is 1. The molecule has 2 unspecified atom stereocenters. The largest absolute Gasteiger partial charge is 0.491 e. The van der Waals surface area contributed by atoms with Gasteiger partial charge in [-0.05, 0) is 89.8 Å². The Morgan fingerprint density at radius 3 is 2.15 bits per heavy atom. The molecular formula is C41H46O5. The predicted molar refractivity (Wildman–Crippen MR) is 185 cm³/mol. The van der Waals surface area contributed by atoms with Gasteiger partial charge in [-0.2, -0.15) is 0 Å². The second kappa shape index (κ2) is 16.9. The zero-order valence-corrected chi connectivity index (χ0v) is 27.4. The Bertz CT molecular complexity index is 1570. The van der Waals surface area contributed by atoms with E-state index in [0.717, 1.165) is 37.0 Å². The number of benzene rings is 4. The smallest absolute Gasteiger partial charge is 0.335 e. The molecule has 5 heteroatoms. The van der Waals surface area contributed by atoms with Crippen molar-refractivity contribution < 1.29 is 23.7 Å². The number of fused-ring (bicyclic) bond motifs is 2. The molecule has 2 atom stereocenters. The molecule has 5 nitrogen and oxygen atoms in total. The van der Waals surface area contributed by atoms with Gasteiger partial charge in [0.2, 0.25) is 0 Å². The van der Waals surface area contributed by atoms with E-state index in [1.807, 2.05) is 31.2 Å². The number of rotatable bonds is 16. The van der Waals surface area contributed by atoms with Crippen LogP contribution < -0.4 is 4.74 Å². The summed E-state index contributed by atoms with van der Waals surface area (Å²) < 4.78 is 23.6. The van der Waals surface area contributed by atoms with Crippen LogP contribution in [-0.4, -0.2) is 38.5 Å². The highest BCUT2D eigenvalue weighted by Gasteiger charge is 2.24. The van der Waals surface area contributed by atoms with Gasteiger partial charge < -0.3 is 18.9 Å². The van der Waals surface area contributed by atoms with Gasteiger partial charge in [0.25, 0.3) is 0 Å². The predicted octanol–water partition coefficient (Wildman–Crippen LogP) is 8.60. The van der Waals surface area contributed by atoms with Crippen LogP contribution in [0.1, 0.15) is 77.8 Å². The van der Waals surface area contributed by atoms with Crippen molar-refractivity contribution in [2.45, 2.75) is 65.1 Å². The summed E-state index contributed by atoms with van der Waals surface area (Å²) in [5.41, 5.74) is 9.76. The molecule has 4 aromatic carbocycles. The average Bonchev–Trinajstić information content (AvgIpc) is 3.23. The van der Waals surface area contributed by atoms with E-state index in [2.05, 4.69) is 85.8 Å². The minimum absolute atomic E-state index is 0.197. The Morgan fingerprint density at radius 1 is 0.674 bits per heavy atom. The number of carbonyl (C=O) groups is 1. The van der Waals surface area contributed by atoms with Crippen LogP contribution in [0, 0.1) is 0 Å². The summed E-state index contributed by atoms with van der Waals surface area (Å²) in [6.45, 7) is 7.53. The van der Waals surface area contributed by atoms with Crippen LogP contribution in [0.15, 0.2) is 91.0 Å². The van der Waals surface area contributed by atoms with Gasteiger partial charge in [0.1, 0.15) is 18.5 Å². The lowest BCUT2D eigenvalue weighted by Crippen LogP contribution is -2.28. The number of hydrogen-bond donors (Lipinski definition) is 0. The second-order valence-electron chi connectivity index (χ2n) is 11.6. The maximum Gasteiger partial charge on any atom is 0.335 e. The van der Waals surface area contributed by atoms with Crippen molar-refractivity contribution in [3.05, 3.63) is 136 Å². The van der Waals surface area contributed by atoms with Crippen molar-refractivity contribution in [3.63, 3.8) is 0 Å². The summed E-state index contributed by atoms with van der Waals surface area (Å²) in [5, 5.41) is 0. The van der Waals surface area contributed by atoms with E-state index in [1.165, 1.54) is 38.9 Å². The molecular weight excluding hydrogens is 572 g/mol. The molecule has 0 fully saturated rings. The van der Waals surface area contributed by atoms with Crippen LogP contribution in [-0.2, 0) is 44.7 Å². The van der Waals surface area contributed by atoms with Crippen LogP contribution in [0.3, 0.4) is 0 Å². The fraction of sp³-hybridized carbons (Fsp3) is 0.341. The third-order valence-electron chi connectivity index (χ3n) is 8.29. The van der Waals surface area contributed by atoms with Crippen molar-refractivity contribution in [3.8, 4) is 5.75 Å². The average molecular weight is 619 g/mol. The van der Waals surface area contributed by atoms with E-state index in [-0.39, 0.29) is 12.1 Å². The molecule has 0 aromatic heterocycles. The van der Waals surface area contributed by atoms with Gasteiger partial charge >= 0.3 is 5.97 Å². The number of ether oxygens (including phenoxy) is 4. The lowest BCUT2D eigenvalue weighted by molar-refractivity contribution is -0.156. The van der Waals surface area contributed by atoms with Gasteiger partial charge in [-0.25, -0.2) is 4.79 Å². The summed E-state index contributed by atoms with van der Waals surface area (Å²) in [6.07, 6.45) is 8.26. The monoisotopic (exact) mass is 618 g/mol. The van der Waals surface area contributed by atoms with Crippen molar-refractivity contribution >= 4 is 18.1 Å². The third-order valence-corrected chi connectivity index (χ3v) is 8.29. The van der Waals surface area contributed by atoms with E-state index in [9.17, 15) is 4.79 Å². The molecule has 1 aliphatic carbocycles. The fourth-order valence-corrected chi connectivity index (χ4v) is 5.98. The molecule has 5 rings (SSSR count). The van der Waals surface area contributed by atoms with Crippen LogP contribution in [0.5, 0.6) is 5.75 Å². The normalized spacial score (nSPS) is 14.2. The number of esters is 1. The van der Waals surface area contributed by atoms with Crippen molar-refractivity contribution in [1.29, 1.82) is 0 Å². The Kier molecular flexibility index (Phi) is 12.2. The third kappa shape index (κ3) is 8.96. The molecule has 0 saturated heterocycles. The first-order valence-electron chi connectivity index (χ1n) is 16.7. The molecule has 0 bridgehead atoms. The van der Waals surface area contributed by atoms with Crippen LogP contribution in [0.4, 0.5) is 0 Å². The molecule has 240 valence electrons. The SMILES string of the molecule is CCCc1ccc2c(c1)C=Cc1ccc(CCc3ccccc3)cc1C2OCCOc1ccc(CC(OCC)C(=O)OCC)cc1. The maximum atomic E-state index is 12.3. The highest BCUT2D eigenvalue weighted by atomic mass is 16.6. The number of hydrogen-bond acceptors (Lipinski definition) is 5. The minimum atomic E-state index is -0.609. The van der Waals surface area contributed by atoms with Gasteiger partial charge in [0, 0.05) is 13.0 Å². The van der Waals surface area contributed by atoms with E-state index < -0.39 is 6.10 Å². The molecule has 0 radical (unpaired) electrons. The van der Waals surface area contributed by atoms with Crippen molar-refractivity contribution in [2.75, 3.05) is 26.4 Å². The van der Waals surface area contributed by atoms with Gasteiger partial charge in [-0.1, -0.05) is 104 Å². The Balaban J connectivity index is 1.27. The highest BCUT2D eigenvalue weighted by Crippen LogP contribution is 2.37. The van der Waals surface area contributed by atoms with Gasteiger partial charge in [-0.15, -0.1) is 0 Å². The molecule has 0 aliphatic heterocycles. The first kappa shape index (κ1) is 33.2. The quantitative estimate of drug-likeness (QED) is 0.0930. The van der Waals surface area contributed by atoms with Gasteiger partial charge in [0.05, 0.1) is 13.2 Å². The summed E-state index contributed by atoms with van der Waals surface area (Å²) in [5.74, 6) is 0.427. The molecule has 0 N–H and O–H groups in total. The topological polar surface area (TPSA) is 54.0 Å². The lowest BCUT2D eigenvalue weighted by atomic mass is 9.92. The molecule has 0 spiro atoms. The van der Waals surface area contributed by atoms with Crippen LogP contribution in [0.25, 0.3) is 12.2 Å². The van der Waals surface area contributed by atoms with E-state index in [1.54, 1.807) is 6.92 Å². The fourth-order valence-electron chi connectivity index (χ4n) is 5.98. The second-order valence-corrected chi connectivity index (χ2v) is 11.6. The standard InChI is InChI=1S/C41H46O5/c1-4-10-31-18-24-37-35(27-31)21-20-34-19-15-32(14-13-30-11-8-7-9-12-30)28-38(34)40(37)46-26-25-45-36-22-16-33(17-23-36)29-39(43-5-2)41(42)44-6-3/h7-9,11-12,15-24,27-28,39-40H,4-6,10,13-14,25-26,29H2,1-3H3. The van der Waals surface area contributed by atoms with E-state index in [0.29, 0.717) is 32.8 Å². The van der Waals surface area contributed by atoms with Gasteiger partial charge in [-0.3, -0.25) is 0 Å². The molecule has 0 amide bonds. The van der Waals surface area contributed by atoms with Gasteiger partial charge in [0.15, 0.2) is 6.10 Å². The molecule has 4 aromatic rings. The summed E-state index contributed by atoms with van der Waals surface area (Å²) in [7, 11) is 0. The highest BCUT2D eigenvalue weighted by molar-refractivity contribution is 5.77. The van der Waals surface area contributed by atoms with E-state index >= 15 is 0 Å². The summed E-state index contributed by atoms with van der Waals surface area (Å²) in [4.78, 5) is 12.3. The van der Waals surface area contributed by atoms with Crippen molar-refractivity contribution in [1.82, 2.24) is 0 Å². The van der Waals surface area contributed by atoms with Crippen molar-refractivity contribution in [2.24, 2.45) is 0 Å². The first-order valence-corrected chi connectivity index (χ1v) is 16.7. The Morgan fingerprint density at radius 2 is 1.39 bits per heavy atom. The molecule has 0 saturated carbocycles. The van der Waals surface area contributed by atoms with Crippen LogP contribution in [0.2, 0.25) is 0 Å². The van der Waals surface area contributed by atoms with Crippen LogP contribution >= 0.6 is 0 Å². The zero-order chi connectivity index (χ0) is 32.1. The lowest BCUT2D eigenvalue weighted by Gasteiger charge is -2.22. The Labute approximate surface area is 274 Å². The molecule has 0 heterocycles. The molecule has 1 aliphatic rings. The summed E-state index contributed by atoms with van der Waals surface area (Å²) >= 11 is 0. The first-order chi connectivity index (χ1) is 22.6. The molecule has 46 heavy (non-hydrogen) atoms. The Hall–Kier alpha value is -4.19. The number of aryl methyl sites for hydroxylation is 3. The maximum absolute atomic E-state index is 12.3. The van der Waals surface area contributed by atoms with E-state index in [4.69, 9.17) is 18.9 Å². The summed E-state index contributed by atoms with van der Waals surface area (Å²) in [6, 6.07) is 32.0. The minimum Gasteiger partial charge on any atom is -0.491 e.